The van der Waals surface area contributed by atoms with Gasteiger partial charge < -0.3 is 15.6 Å². The first-order valence-corrected chi connectivity index (χ1v) is 9.99. The van der Waals surface area contributed by atoms with Crippen molar-refractivity contribution >= 4 is 52.0 Å². The maximum absolute atomic E-state index is 11.8. The lowest BCUT2D eigenvalue weighted by Gasteiger charge is -2.28. The van der Waals surface area contributed by atoms with Crippen molar-refractivity contribution < 1.29 is 23.5 Å². The summed E-state index contributed by atoms with van der Waals surface area (Å²) in [6.07, 6.45) is -2.12. The van der Waals surface area contributed by atoms with Gasteiger partial charge >= 0.3 is 6.80 Å². The van der Waals surface area contributed by atoms with Crippen molar-refractivity contribution in [3.8, 4) is 0 Å². The van der Waals surface area contributed by atoms with Gasteiger partial charge in [-0.15, -0.1) is 0 Å². The lowest BCUT2D eigenvalue weighted by Crippen LogP contribution is -2.38. The maximum Gasteiger partial charge on any atom is 0.386 e. The first-order valence-electron chi connectivity index (χ1n) is 6.50. The monoisotopic (exact) mass is 423 g/mol. The lowest BCUT2D eigenvalue weighted by atomic mass is 10.1. The Kier molecular flexibility index (Phi) is 3.69. The van der Waals surface area contributed by atoms with Gasteiger partial charge in [-0.25, -0.2) is 19.5 Å². The van der Waals surface area contributed by atoms with Crippen molar-refractivity contribution in [3.63, 3.8) is 0 Å². The van der Waals surface area contributed by atoms with Gasteiger partial charge in [0.15, 0.2) is 27.9 Å². The van der Waals surface area contributed by atoms with E-state index in [4.69, 9.17) is 19.5 Å². The predicted molar refractivity (Wildman–Crippen MR) is 84.8 cm³/mol. The second-order valence-electron chi connectivity index (χ2n) is 5.07. The van der Waals surface area contributed by atoms with Crippen LogP contribution in [0.2, 0.25) is 0 Å². The number of hydrogen-bond donors (Lipinski definition) is 3. The van der Waals surface area contributed by atoms with E-state index in [0.29, 0.717) is 15.9 Å². The van der Waals surface area contributed by atoms with Gasteiger partial charge in [0.1, 0.15) is 24.6 Å². The van der Waals surface area contributed by atoms with Crippen LogP contribution in [0.15, 0.2) is 11.1 Å². The Hall–Kier alpha value is -0.750. The fourth-order valence-electron chi connectivity index (χ4n) is 2.67. The number of ether oxygens (including phenoxy) is 1. The third kappa shape index (κ3) is 2.49. The van der Waals surface area contributed by atoms with Gasteiger partial charge in [-0.1, -0.05) is 12.2 Å². The highest BCUT2D eigenvalue weighted by Crippen LogP contribution is 2.59. The fraction of sp³-hybridized carbons (Fsp3) is 0.500. The summed E-state index contributed by atoms with van der Waals surface area (Å²) in [4.78, 5) is 12.2. The molecule has 0 saturated carbocycles. The number of aromatic nitrogens is 4. The summed E-state index contributed by atoms with van der Waals surface area (Å²) in [5.74, 6) is 0.207. The van der Waals surface area contributed by atoms with Crippen LogP contribution < -0.4 is 5.73 Å². The van der Waals surface area contributed by atoms with E-state index in [1.54, 1.807) is 0 Å². The topological polar surface area (TPSA) is 135 Å². The molecular formula is C10H11BrN5O5PS. The Bertz CT molecular complexity index is 835. The van der Waals surface area contributed by atoms with Crippen LogP contribution in [-0.2, 0) is 18.3 Å². The van der Waals surface area contributed by atoms with Crippen molar-refractivity contribution in [1.29, 1.82) is 0 Å². The van der Waals surface area contributed by atoms with Gasteiger partial charge in [-0.05, 0) is 15.9 Å². The number of rotatable bonds is 1. The molecule has 23 heavy (non-hydrogen) atoms. The molecular weight excluding hydrogens is 413 g/mol. The number of nitrogens with zero attached hydrogens (tertiary/aromatic N) is 4. The molecule has 0 spiro atoms. The van der Waals surface area contributed by atoms with Crippen LogP contribution >= 0.6 is 35.0 Å². The van der Waals surface area contributed by atoms with Gasteiger partial charge in [0.05, 0.1) is 6.61 Å². The van der Waals surface area contributed by atoms with Crippen LogP contribution in [0.3, 0.4) is 0 Å². The minimum atomic E-state index is -3.49. The van der Waals surface area contributed by atoms with E-state index in [2.05, 4.69) is 43.1 Å². The van der Waals surface area contributed by atoms with Gasteiger partial charge in [-0.2, -0.15) is 0 Å². The molecule has 10 nitrogen and oxygen atoms in total. The minimum absolute atomic E-state index is 0.000373. The summed E-state index contributed by atoms with van der Waals surface area (Å²) < 4.78 is 29.7. The molecule has 2 aromatic rings. The van der Waals surface area contributed by atoms with Crippen LogP contribution in [-0.4, -0.2) is 49.5 Å². The molecule has 2 aliphatic heterocycles. The minimum Gasteiger partial charge on any atom is -0.386 e. The average molecular weight is 424 g/mol. The Balaban J connectivity index is 1.76. The third-order valence-corrected chi connectivity index (χ3v) is 5.86. The van der Waals surface area contributed by atoms with Gasteiger partial charge in [0.25, 0.3) is 0 Å². The summed E-state index contributed by atoms with van der Waals surface area (Å²) in [5, 5.41) is 10.5. The van der Waals surface area contributed by atoms with Crippen molar-refractivity contribution in [1.82, 2.24) is 19.5 Å². The smallest absolute Gasteiger partial charge is 0.386 e. The maximum atomic E-state index is 11.8. The summed E-state index contributed by atoms with van der Waals surface area (Å²) >= 11 is 7.12. The summed E-state index contributed by atoms with van der Waals surface area (Å²) in [6.45, 7) is -3.49. The molecule has 4 rings (SSSR count). The van der Waals surface area contributed by atoms with E-state index in [1.807, 2.05) is 0 Å². The first kappa shape index (κ1) is 15.8. The molecule has 0 aliphatic carbocycles. The number of nitrogens with two attached hydrogens (primary N) is 1. The Morgan fingerprint density at radius 3 is 3.09 bits per heavy atom. The van der Waals surface area contributed by atoms with E-state index in [0.717, 1.165) is 0 Å². The number of nitrogen functional groups attached to an aromatic ring is 1. The van der Waals surface area contributed by atoms with Crippen LogP contribution in [0.5, 0.6) is 0 Å². The second-order valence-corrected chi connectivity index (χ2v) is 8.66. The number of aliphatic hydroxyl groups excluding tert-OH is 1. The van der Waals surface area contributed by atoms with Crippen molar-refractivity contribution in [2.45, 2.75) is 24.5 Å². The van der Waals surface area contributed by atoms with Crippen molar-refractivity contribution in [2.75, 3.05) is 12.3 Å². The van der Waals surface area contributed by atoms with Gasteiger partial charge in [0.2, 0.25) is 0 Å². The van der Waals surface area contributed by atoms with Crippen LogP contribution in [0, 0.1) is 0 Å². The number of aliphatic hydroxyl groups is 1. The fourth-order valence-corrected chi connectivity index (χ4v) is 4.71. The molecule has 124 valence electrons. The highest BCUT2D eigenvalue weighted by atomic mass is 79.9. The normalized spacial score (nSPS) is 37.2. The molecule has 5 atom stereocenters. The van der Waals surface area contributed by atoms with E-state index < -0.39 is 31.3 Å². The highest BCUT2D eigenvalue weighted by Gasteiger charge is 2.52. The molecule has 4 heterocycles. The Labute approximate surface area is 143 Å². The number of anilines is 1. The van der Waals surface area contributed by atoms with Crippen molar-refractivity contribution in [2.24, 2.45) is 0 Å². The lowest BCUT2D eigenvalue weighted by molar-refractivity contribution is -0.0569. The molecule has 2 fully saturated rings. The van der Waals surface area contributed by atoms with E-state index in [-0.39, 0.29) is 12.4 Å². The molecule has 13 heteroatoms. The molecule has 2 aliphatic rings. The molecule has 0 radical (unpaired) electrons. The SMILES string of the molecule is Nc1ncnc2c1nc(Br)n2[C@@H]1OC2CO[P@@](=O)(S)OC2[C@@H]1O. The number of hydrogen-bond acceptors (Lipinski definition) is 9. The molecule has 2 unspecified atom stereocenters. The second kappa shape index (κ2) is 5.38. The van der Waals surface area contributed by atoms with Crippen molar-refractivity contribution in [3.05, 3.63) is 11.1 Å². The summed E-state index contributed by atoms with van der Waals surface area (Å²) in [5.41, 5.74) is 6.55. The molecule has 3 N–H and O–H groups in total. The van der Waals surface area contributed by atoms with E-state index in [1.165, 1.54) is 10.9 Å². The largest absolute Gasteiger partial charge is 0.386 e. The molecule has 0 amide bonds. The molecule has 0 aromatic carbocycles. The summed E-state index contributed by atoms with van der Waals surface area (Å²) in [7, 11) is 0. The molecule has 0 bridgehead atoms. The number of imidazole rings is 1. The number of halogens is 1. The van der Waals surface area contributed by atoms with Gasteiger partial charge in [-0.3, -0.25) is 13.6 Å². The van der Waals surface area contributed by atoms with E-state index >= 15 is 0 Å². The Morgan fingerprint density at radius 2 is 2.30 bits per heavy atom. The zero-order chi connectivity index (χ0) is 16.4. The van der Waals surface area contributed by atoms with Crippen LogP contribution in [0.1, 0.15) is 6.23 Å². The van der Waals surface area contributed by atoms with E-state index in [9.17, 15) is 9.67 Å². The third-order valence-electron chi connectivity index (χ3n) is 3.68. The molecule has 2 aromatic heterocycles. The summed E-state index contributed by atoms with van der Waals surface area (Å²) in [6, 6.07) is 0. The van der Waals surface area contributed by atoms with Crippen LogP contribution in [0.25, 0.3) is 11.2 Å². The van der Waals surface area contributed by atoms with Crippen LogP contribution in [0.4, 0.5) is 5.82 Å². The zero-order valence-electron chi connectivity index (χ0n) is 11.3. The molecule has 2 saturated heterocycles. The zero-order valence-corrected chi connectivity index (χ0v) is 14.7. The number of thiol groups is 1. The van der Waals surface area contributed by atoms with Gasteiger partial charge in [0, 0.05) is 0 Å². The quantitative estimate of drug-likeness (QED) is 0.347. The Morgan fingerprint density at radius 1 is 1.52 bits per heavy atom. The standard InChI is InChI=1S/C10H11BrN5O5PS/c11-10-15-4-7(12)13-2-14-8(4)16(10)9-5(17)6-3(20-9)1-19-22(18,23)21-6/h2-3,5-6,9,17H,1H2,(H,18,23)(H2,12,13,14)/t3?,5-,6?,9+,22+/m0/s1. The number of fused-ring (bicyclic) bond motifs is 2. The highest BCUT2D eigenvalue weighted by molar-refractivity contribution is 9.10. The predicted octanol–water partition coefficient (Wildman–Crippen LogP) is 0.883. The average Bonchev–Trinajstić information content (AvgIpc) is 2.97. The first-order chi connectivity index (χ1) is 10.9.